The first kappa shape index (κ1) is 16.3. The van der Waals surface area contributed by atoms with Gasteiger partial charge in [-0.3, -0.25) is 9.59 Å². The van der Waals surface area contributed by atoms with Crippen LogP contribution in [0.3, 0.4) is 0 Å². The molecule has 21 heavy (non-hydrogen) atoms. The highest BCUT2D eigenvalue weighted by Gasteiger charge is 2.34. The summed E-state index contributed by atoms with van der Waals surface area (Å²) in [7, 11) is 0. The third-order valence-electron chi connectivity index (χ3n) is 3.85. The lowest BCUT2D eigenvalue weighted by atomic mass is 9.98. The van der Waals surface area contributed by atoms with E-state index in [1.54, 1.807) is 17.0 Å². The second-order valence-electron chi connectivity index (χ2n) is 5.24. The molecule has 0 bridgehead atoms. The molecule has 6 heteroatoms. The van der Waals surface area contributed by atoms with E-state index in [4.69, 9.17) is 11.6 Å². The zero-order chi connectivity index (χ0) is 15.6. The Morgan fingerprint density at radius 1 is 1.48 bits per heavy atom. The van der Waals surface area contributed by atoms with Crippen LogP contribution < -0.4 is 10.2 Å². The summed E-state index contributed by atoms with van der Waals surface area (Å²) in [6.07, 6.45) is 1.11. The molecule has 1 fully saturated rings. The molecular weight excluding hydrogens is 356 g/mol. The van der Waals surface area contributed by atoms with Crippen molar-refractivity contribution in [2.75, 3.05) is 11.4 Å². The normalized spacial score (nSPS) is 21.0. The summed E-state index contributed by atoms with van der Waals surface area (Å²) in [4.78, 5) is 26.3. The van der Waals surface area contributed by atoms with Gasteiger partial charge in [0.15, 0.2) is 0 Å². The Hall–Kier alpha value is -1.07. The Morgan fingerprint density at radius 2 is 2.19 bits per heavy atom. The van der Waals surface area contributed by atoms with Crippen LogP contribution in [0.1, 0.15) is 26.7 Å². The van der Waals surface area contributed by atoms with Crippen molar-refractivity contribution in [1.29, 1.82) is 0 Å². The molecule has 0 aromatic heterocycles. The molecule has 1 saturated heterocycles. The SMILES string of the molecule is CCC(C)C1NC(=O)CCN(c2cccc(Cl)c2Br)C1=O. The number of halogens is 2. The fraction of sp³-hybridized carbons (Fsp3) is 0.467. The summed E-state index contributed by atoms with van der Waals surface area (Å²) in [5.41, 5.74) is 0.706. The minimum Gasteiger partial charge on any atom is -0.344 e. The molecule has 0 spiro atoms. The fourth-order valence-electron chi connectivity index (χ4n) is 2.36. The smallest absolute Gasteiger partial charge is 0.249 e. The van der Waals surface area contributed by atoms with Gasteiger partial charge in [0.2, 0.25) is 11.8 Å². The minimum atomic E-state index is -0.490. The molecule has 1 aliphatic heterocycles. The van der Waals surface area contributed by atoms with Crippen LogP contribution in [0.4, 0.5) is 5.69 Å². The van der Waals surface area contributed by atoms with Gasteiger partial charge in [-0.1, -0.05) is 37.9 Å². The average Bonchev–Trinajstić information content (AvgIpc) is 2.61. The molecule has 2 atom stereocenters. The number of hydrogen-bond acceptors (Lipinski definition) is 2. The van der Waals surface area contributed by atoms with E-state index in [0.29, 0.717) is 21.7 Å². The van der Waals surface area contributed by atoms with Crippen LogP contribution in [0.25, 0.3) is 0 Å². The van der Waals surface area contributed by atoms with Gasteiger partial charge >= 0.3 is 0 Å². The number of rotatable bonds is 3. The van der Waals surface area contributed by atoms with Crippen molar-refractivity contribution in [2.45, 2.75) is 32.7 Å². The molecule has 1 aromatic rings. The van der Waals surface area contributed by atoms with Crippen LogP contribution in [-0.4, -0.2) is 24.4 Å². The highest BCUT2D eigenvalue weighted by atomic mass is 79.9. The number of amides is 2. The molecule has 1 aromatic carbocycles. The summed E-state index contributed by atoms with van der Waals surface area (Å²) in [5.74, 6) is -0.0903. The van der Waals surface area contributed by atoms with Crippen molar-refractivity contribution < 1.29 is 9.59 Å². The molecule has 4 nitrogen and oxygen atoms in total. The molecule has 0 radical (unpaired) electrons. The van der Waals surface area contributed by atoms with Crippen molar-refractivity contribution >= 4 is 45.0 Å². The van der Waals surface area contributed by atoms with Crippen LogP contribution in [-0.2, 0) is 9.59 Å². The highest BCUT2D eigenvalue weighted by Crippen LogP contribution is 2.34. The molecular formula is C15H18BrClN2O2. The van der Waals surface area contributed by atoms with E-state index < -0.39 is 6.04 Å². The highest BCUT2D eigenvalue weighted by molar-refractivity contribution is 9.10. The van der Waals surface area contributed by atoms with Crippen molar-refractivity contribution in [3.05, 3.63) is 27.7 Å². The number of nitrogens with one attached hydrogen (secondary N) is 1. The van der Waals surface area contributed by atoms with Gasteiger partial charge in [-0.25, -0.2) is 0 Å². The summed E-state index contributed by atoms with van der Waals surface area (Å²) < 4.78 is 0.678. The lowest BCUT2D eigenvalue weighted by Gasteiger charge is -2.28. The minimum absolute atomic E-state index is 0.0833. The lowest BCUT2D eigenvalue weighted by Crippen LogP contribution is -2.48. The van der Waals surface area contributed by atoms with Gasteiger partial charge in [-0.2, -0.15) is 0 Å². The van der Waals surface area contributed by atoms with Gasteiger partial charge < -0.3 is 10.2 Å². The van der Waals surface area contributed by atoms with Gasteiger partial charge in [-0.05, 0) is 34.0 Å². The van der Waals surface area contributed by atoms with Crippen molar-refractivity contribution in [3.8, 4) is 0 Å². The van der Waals surface area contributed by atoms with Crippen LogP contribution in [0, 0.1) is 5.92 Å². The molecule has 1 N–H and O–H groups in total. The molecule has 114 valence electrons. The second-order valence-corrected chi connectivity index (χ2v) is 6.44. The Kier molecular flexibility index (Phi) is 5.27. The molecule has 1 heterocycles. The van der Waals surface area contributed by atoms with E-state index in [1.165, 1.54) is 0 Å². The zero-order valence-electron chi connectivity index (χ0n) is 12.0. The predicted octanol–water partition coefficient (Wildman–Crippen LogP) is 3.37. The maximum atomic E-state index is 12.8. The van der Waals surface area contributed by atoms with Crippen molar-refractivity contribution in [3.63, 3.8) is 0 Å². The van der Waals surface area contributed by atoms with Crippen LogP contribution in [0.5, 0.6) is 0 Å². The van der Waals surface area contributed by atoms with Gasteiger partial charge in [0.1, 0.15) is 6.04 Å². The zero-order valence-corrected chi connectivity index (χ0v) is 14.4. The van der Waals surface area contributed by atoms with E-state index in [0.717, 1.165) is 6.42 Å². The predicted molar refractivity (Wildman–Crippen MR) is 87.5 cm³/mol. The van der Waals surface area contributed by atoms with Crippen LogP contribution in [0.15, 0.2) is 22.7 Å². The van der Waals surface area contributed by atoms with Gasteiger partial charge in [0.25, 0.3) is 0 Å². The lowest BCUT2D eigenvalue weighted by molar-refractivity contribution is -0.126. The molecule has 2 unspecified atom stereocenters. The van der Waals surface area contributed by atoms with E-state index in [-0.39, 0.29) is 24.2 Å². The molecule has 1 aliphatic rings. The van der Waals surface area contributed by atoms with Gasteiger partial charge in [-0.15, -0.1) is 0 Å². The van der Waals surface area contributed by atoms with Gasteiger partial charge in [0, 0.05) is 13.0 Å². The fourth-order valence-corrected chi connectivity index (χ4v) is 3.01. The van der Waals surface area contributed by atoms with E-state index in [9.17, 15) is 9.59 Å². The quantitative estimate of drug-likeness (QED) is 0.883. The number of benzene rings is 1. The number of carbonyl (C=O) groups is 2. The Bertz CT molecular complexity index is 565. The first-order chi connectivity index (χ1) is 9.95. The van der Waals surface area contributed by atoms with E-state index in [2.05, 4.69) is 21.2 Å². The Morgan fingerprint density at radius 3 is 2.86 bits per heavy atom. The average molecular weight is 374 g/mol. The third-order valence-corrected chi connectivity index (χ3v) is 5.22. The number of hydrogen-bond donors (Lipinski definition) is 1. The first-order valence-corrected chi connectivity index (χ1v) is 8.17. The largest absolute Gasteiger partial charge is 0.344 e. The Labute approximate surface area is 138 Å². The van der Waals surface area contributed by atoms with Gasteiger partial charge in [0.05, 0.1) is 15.2 Å². The van der Waals surface area contributed by atoms with Crippen LogP contribution in [0.2, 0.25) is 5.02 Å². The summed E-state index contributed by atoms with van der Waals surface area (Å²) in [5, 5.41) is 3.38. The first-order valence-electron chi connectivity index (χ1n) is 7.00. The van der Waals surface area contributed by atoms with E-state index >= 15 is 0 Å². The van der Waals surface area contributed by atoms with Crippen molar-refractivity contribution in [1.82, 2.24) is 5.32 Å². The monoisotopic (exact) mass is 372 g/mol. The molecule has 0 aliphatic carbocycles. The molecule has 0 saturated carbocycles. The van der Waals surface area contributed by atoms with Crippen molar-refractivity contribution in [2.24, 2.45) is 5.92 Å². The molecule has 2 amide bonds. The second kappa shape index (κ2) is 6.79. The van der Waals surface area contributed by atoms with E-state index in [1.807, 2.05) is 19.9 Å². The standard InChI is InChI=1S/C15H18BrClN2O2/c1-3-9(2)14-15(21)19(8-7-12(20)18-14)11-6-4-5-10(17)13(11)16/h4-6,9,14H,3,7-8H2,1-2H3,(H,18,20). The van der Waals surface area contributed by atoms with Crippen LogP contribution >= 0.6 is 27.5 Å². The Balaban J connectivity index is 2.40. The molecule has 2 rings (SSSR count). The number of anilines is 1. The topological polar surface area (TPSA) is 49.4 Å². The summed E-state index contributed by atoms with van der Waals surface area (Å²) >= 11 is 9.54. The summed E-state index contributed by atoms with van der Waals surface area (Å²) in [6, 6.07) is 4.90. The maximum Gasteiger partial charge on any atom is 0.249 e. The number of nitrogens with zero attached hydrogens (tertiary/aromatic N) is 1. The maximum absolute atomic E-state index is 12.8. The third kappa shape index (κ3) is 3.40. The number of carbonyl (C=O) groups excluding carboxylic acids is 2. The summed E-state index contributed by atoms with van der Waals surface area (Å²) in [6.45, 7) is 4.34.